The molecule has 1 heterocycles. The summed E-state index contributed by atoms with van der Waals surface area (Å²) in [7, 11) is 0. The zero-order valence-electron chi connectivity index (χ0n) is 16.3. The molecule has 2 fully saturated rings. The van der Waals surface area contributed by atoms with Gasteiger partial charge in [-0.25, -0.2) is 4.79 Å². The van der Waals surface area contributed by atoms with Gasteiger partial charge in [0.2, 0.25) is 0 Å². The number of carbonyl (C=O) groups is 3. The SMILES string of the molecule is C[C@H](NC(=O)c1ccco1)C(=O)OCC(=O)NC1CC2CCC1(C)C2(C)C. The van der Waals surface area contributed by atoms with Gasteiger partial charge in [0.15, 0.2) is 12.4 Å². The second kappa shape index (κ2) is 7.02. The first-order valence-corrected chi connectivity index (χ1v) is 9.45. The summed E-state index contributed by atoms with van der Waals surface area (Å²) < 4.78 is 10.0. The van der Waals surface area contributed by atoms with Crippen molar-refractivity contribution >= 4 is 17.8 Å². The molecule has 2 bridgehead atoms. The maximum absolute atomic E-state index is 12.3. The van der Waals surface area contributed by atoms with Crippen molar-refractivity contribution in [1.29, 1.82) is 0 Å². The number of nitrogens with one attached hydrogen (secondary N) is 2. The Morgan fingerprint density at radius 1 is 1.33 bits per heavy atom. The Bertz CT molecular complexity index is 727. The van der Waals surface area contributed by atoms with Gasteiger partial charge in [-0.3, -0.25) is 9.59 Å². The summed E-state index contributed by atoms with van der Waals surface area (Å²) in [6, 6.07) is 2.31. The van der Waals surface area contributed by atoms with Gasteiger partial charge in [-0.2, -0.15) is 0 Å². The van der Waals surface area contributed by atoms with Gasteiger partial charge in [-0.1, -0.05) is 20.8 Å². The van der Waals surface area contributed by atoms with Crippen LogP contribution in [0.25, 0.3) is 0 Å². The lowest BCUT2D eigenvalue weighted by Crippen LogP contribution is -2.48. The van der Waals surface area contributed by atoms with E-state index in [9.17, 15) is 14.4 Å². The fourth-order valence-electron chi connectivity index (χ4n) is 4.65. The normalized spacial score (nSPS) is 29.2. The van der Waals surface area contributed by atoms with Crippen LogP contribution in [0.15, 0.2) is 22.8 Å². The summed E-state index contributed by atoms with van der Waals surface area (Å²) in [6.07, 6.45) is 4.65. The maximum Gasteiger partial charge on any atom is 0.328 e. The summed E-state index contributed by atoms with van der Waals surface area (Å²) in [5.41, 5.74) is 0.272. The minimum Gasteiger partial charge on any atom is -0.459 e. The van der Waals surface area contributed by atoms with Crippen molar-refractivity contribution in [1.82, 2.24) is 10.6 Å². The van der Waals surface area contributed by atoms with Crippen LogP contribution in [-0.4, -0.2) is 36.5 Å². The number of amides is 2. The Kier molecular flexibility index (Phi) is 5.06. The van der Waals surface area contributed by atoms with Gasteiger partial charge in [0.1, 0.15) is 6.04 Å². The van der Waals surface area contributed by atoms with E-state index in [0.717, 1.165) is 12.8 Å². The monoisotopic (exact) mass is 376 g/mol. The van der Waals surface area contributed by atoms with Crippen molar-refractivity contribution in [2.24, 2.45) is 16.7 Å². The lowest BCUT2D eigenvalue weighted by Gasteiger charge is -2.39. The van der Waals surface area contributed by atoms with Crippen molar-refractivity contribution in [3.63, 3.8) is 0 Å². The van der Waals surface area contributed by atoms with Crippen LogP contribution in [0.1, 0.15) is 57.5 Å². The summed E-state index contributed by atoms with van der Waals surface area (Å²) in [5.74, 6) is -0.746. The van der Waals surface area contributed by atoms with E-state index in [1.165, 1.54) is 25.7 Å². The Morgan fingerprint density at radius 2 is 2.07 bits per heavy atom. The molecular formula is C20H28N2O5. The van der Waals surface area contributed by atoms with Gasteiger partial charge in [0.05, 0.1) is 6.26 Å². The molecular weight excluding hydrogens is 348 g/mol. The van der Waals surface area contributed by atoms with E-state index in [0.29, 0.717) is 5.92 Å². The Morgan fingerprint density at radius 3 is 2.63 bits per heavy atom. The topological polar surface area (TPSA) is 97.6 Å². The average molecular weight is 376 g/mol. The van der Waals surface area contributed by atoms with Crippen LogP contribution in [0.5, 0.6) is 0 Å². The third-order valence-electron chi connectivity index (χ3n) is 6.92. The third-order valence-corrected chi connectivity index (χ3v) is 6.92. The molecule has 2 aliphatic rings. The van der Waals surface area contributed by atoms with E-state index < -0.39 is 17.9 Å². The summed E-state index contributed by atoms with van der Waals surface area (Å²) >= 11 is 0. The van der Waals surface area contributed by atoms with Crippen molar-refractivity contribution in [2.75, 3.05) is 6.61 Å². The highest BCUT2D eigenvalue weighted by atomic mass is 16.5. The number of hydrogen-bond donors (Lipinski definition) is 2. The number of furan rings is 1. The molecule has 0 radical (unpaired) electrons. The smallest absolute Gasteiger partial charge is 0.328 e. The first-order valence-electron chi connectivity index (χ1n) is 9.45. The maximum atomic E-state index is 12.3. The highest BCUT2D eigenvalue weighted by molar-refractivity contribution is 5.94. The van der Waals surface area contributed by atoms with E-state index in [1.807, 2.05) is 0 Å². The highest BCUT2D eigenvalue weighted by Crippen LogP contribution is 2.65. The molecule has 2 amide bonds. The highest BCUT2D eigenvalue weighted by Gasteiger charge is 2.61. The lowest BCUT2D eigenvalue weighted by molar-refractivity contribution is -0.150. The van der Waals surface area contributed by atoms with Gasteiger partial charge in [0.25, 0.3) is 11.8 Å². The van der Waals surface area contributed by atoms with Gasteiger partial charge in [-0.05, 0) is 55.1 Å². The number of carbonyl (C=O) groups excluding carboxylic acids is 3. The molecule has 7 heteroatoms. The molecule has 3 unspecified atom stereocenters. The summed E-state index contributed by atoms with van der Waals surface area (Å²) in [6.45, 7) is 7.95. The molecule has 1 aromatic rings. The van der Waals surface area contributed by atoms with Crippen LogP contribution in [0.2, 0.25) is 0 Å². The molecule has 2 N–H and O–H groups in total. The fraction of sp³-hybridized carbons (Fsp3) is 0.650. The quantitative estimate of drug-likeness (QED) is 0.742. The molecule has 1 aromatic heterocycles. The average Bonchev–Trinajstić information content (AvgIpc) is 3.26. The van der Waals surface area contributed by atoms with Crippen LogP contribution < -0.4 is 10.6 Å². The molecule has 7 nitrogen and oxygen atoms in total. The van der Waals surface area contributed by atoms with Crippen molar-refractivity contribution in [2.45, 2.75) is 59.0 Å². The van der Waals surface area contributed by atoms with Crippen molar-refractivity contribution < 1.29 is 23.5 Å². The lowest BCUT2D eigenvalue weighted by atomic mass is 9.69. The third kappa shape index (κ3) is 3.47. The minimum absolute atomic E-state index is 0.0711. The molecule has 27 heavy (non-hydrogen) atoms. The van der Waals surface area contributed by atoms with E-state index in [2.05, 4.69) is 31.4 Å². The van der Waals surface area contributed by atoms with Gasteiger partial charge in [0, 0.05) is 6.04 Å². The molecule has 0 aliphatic heterocycles. The first-order chi connectivity index (χ1) is 12.6. The number of rotatable bonds is 6. The van der Waals surface area contributed by atoms with Crippen molar-refractivity contribution in [3.05, 3.63) is 24.2 Å². The predicted molar refractivity (Wildman–Crippen MR) is 97.8 cm³/mol. The Balaban J connectivity index is 1.45. The molecule has 2 aliphatic carbocycles. The standard InChI is InChI=1S/C20H28N2O5/c1-12(21-17(24)14-6-5-9-26-14)18(25)27-11-16(23)22-15-10-13-7-8-20(15,4)19(13,2)3/h5-6,9,12-13,15H,7-8,10-11H2,1-4H3,(H,21,24)(H,22,23)/t12-,13?,15?,20?/m0/s1. The Hall–Kier alpha value is -2.31. The van der Waals surface area contributed by atoms with Gasteiger partial charge in [-0.15, -0.1) is 0 Å². The largest absolute Gasteiger partial charge is 0.459 e. The summed E-state index contributed by atoms with van der Waals surface area (Å²) in [4.78, 5) is 36.2. The zero-order valence-corrected chi connectivity index (χ0v) is 16.3. The molecule has 0 saturated heterocycles. The van der Waals surface area contributed by atoms with E-state index in [4.69, 9.17) is 9.15 Å². The van der Waals surface area contributed by atoms with E-state index in [-0.39, 0.29) is 35.1 Å². The van der Waals surface area contributed by atoms with Crippen LogP contribution in [0.4, 0.5) is 0 Å². The van der Waals surface area contributed by atoms with Crippen LogP contribution in [0, 0.1) is 16.7 Å². The number of fused-ring (bicyclic) bond motifs is 2. The number of esters is 1. The molecule has 148 valence electrons. The fourth-order valence-corrected chi connectivity index (χ4v) is 4.65. The van der Waals surface area contributed by atoms with Crippen LogP contribution in [-0.2, 0) is 14.3 Å². The molecule has 0 aromatic carbocycles. The van der Waals surface area contributed by atoms with Crippen LogP contribution in [0.3, 0.4) is 0 Å². The first kappa shape index (κ1) is 19.5. The second-order valence-electron chi connectivity index (χ2n) is 8.51. The van der Waals surface area contributed by atoms with Crippen LogP contribution >= 0.6 is 0 Å². The Labute approximate surface area is 159 Å². The second-order valence-corrected chi connectivity index (χ2v) is 8.51. The van der Waals surface area contributed by atoms with Gasteiger partial charge < -0.3 is 19.8 Å². The van der Waals surface area contributed by atoms with E-state index >= 15 is 0 Å². The molecule has 3 rings (SSSR count). The molecule has 2 saturated carbocycles. The number of hydrogen-bond acceptors (Lipinski definition) is 5. The summed E-state index contributed by atoms with van der Waals surface area (Å²) in [5, 5.41) is 5.52. The van der Waals surface area contributed by atoms with Crippen molar-refractivity contribution in [3.8, 4) is 0 Å². The molecule has 4 atom stereocenters. The number of ether oxygens (including phenoxy) is 1. The minimum atomic E-state index is -0.880. The zero-order chi connectivity index (χ0) is 19.8. The predicted octanol–water partition coefficient (Wildman–Crippen LogP) is 2.27. The molecule has 0 spiro atoms. The van der Waals surface area contributed by atoms with Gasteiger partial charge >= 0.3 is 5.97 Å². The van der Waals surface area contributed by atoms with E-state index in [1.54, 1.807) is 6.07 Å².